The molecule has 0 amide bonds. The van der Waals surface area contributed by atoms with Crippen molar-refractivity contribution in [1.82, 2.24) is 0 Å². The molecule has 284 valence electrons. The SMILES string of the molecule is CCC1C(C2CC3C2C2C3C3C2C2C3C3C4C5C6C7CCC7C6C5C4C23)C2C1C1C2C2C1C1C3C4C5C6CC7(CC8C9C%10C%11CCC%11C%10C9C87)C6C5C4C3C21. The van der Waals surface area contributed by atoms with E-state index in [4.69, 9.17) is 0 Å². The van der Waals surface area contributed by atoms with Crippen LogP contribution in [0.15, 0.2) is 0 Å². The molecule has 24 aliphatic rings. The third-order valence-corrected chi connectivity index (χ3v) is 33.6. The Morgan fingerprint density at radius 2 is 0.564 bits per heavy atom. The number of hydrogen-bond acceptors (Lipinski definition) is 0. The topological polar surface area (TPSA) is 0 Å². The summed E-state index contributed by atoms with van der Waals surface area (Å²) < 4.78 is 0. The standard InChI is InChI=1S/C55H64/c1-2-10-19(15-7-16-20(15)30-26(16)34-37(30)44-41(34)46-39-32-23-12-4-5-13(12)24(23)33(32)40(39)47(44)46)29-21(10)31-36(29)43-38(31)45-42-35-28-18-9-55(54(18)52(28)50(35)49(42)48(43)45)8-17-27-22-11-3-6-14(11)25(22)51(27)53(17)55/h10-54H,2-9H2,1H3. The van der Waals surface area contributed by atoms with Gasteiger partial charge in [0.1, 0.15) is 0 Å². The Balaban J connectivity index is 0.491. The van der Waals surface area contributed by atoms with Crippen LogP contribution in [0.5, 0.6) is 0 Å². The van der Waals surface area contributed by atoms with Crippen molar-refractivity contribution in [3.63, 3.8) is 0 Å². The normalized spacial score (nSPS) is 95.2. The predicted molar refractivity (Wildman–Crippen MR) is 202 cm³/mol. The van der Waals surface area contributed by atoms with Crippen molar-refractivity contribution in [3.8, 4) is 0 Å². The van der Waals surface area contributed by atoms with Crippen LogP contribution in [-0.2, 0) is 0 Å². The summed E-state index contributed by atoms with van der Waals surface area (Å²) in [7, 11) is 0. The van der Waals surface area contributed by atoms with Gasteiger partial charge in [0.15, 0.2) is 0 Å². The molecule has 46 unspecified atom stereocenters. The van der Waals surface area contributed by atoms with Crippen molar-refractivity contribution in [2.45, 2.75) is 58.3 Å². The van der Waals surface area contributed by atoms with Crippen LogP contribution >= 0.6 is 0 Å². The van der Waals surface area contributed by atoms with Gasteiger partial charge in [-0.2, -0.15) is 0 Å². The minimum atomic E-state index is 0.967. The monoisotopic (exact) mass is 725 g/mol. The summed E-state index contributed by atoms with van der Waals surface area (Å²) in [4.78, 5) is 0. The molecule has 0 radical (unpaired) electrons. The number of rotatable bonds is 2. The Morgan fingerprint density at radius 3 is 1.04 bits per heavy atom. The minimum Gasteiger partial charge on any atom is -0.0651 e. The lowest BCUT2D eigenvalue weighted by Gasteiger charge is -2.99. The summed E-state index contributed by atoms with van der Waals surface area (Å²) in [5.41, 5.74) is 0.967. The lowest BCUT2D eigenvalue weighted by Crippen LogP contribution is -2.95. The fourth-order valence-electron chi connectivity index (χ4n) is 33.7. The van der Waals surface area contributed by atoms with Crippen molar-refractivity contribution in [2.24, 2.45) is 272 Å². The molecule has 0 N–H and O–H groups in total. The van der Waals surface area contributed by atoms with E-state index in [-0.39, 0.29) is 0 Å². The molecular weight excluding hydrogens is 661 g/mol. The molecule has 0 bridgehead atoms. The molecule has 24 rings (SSSR count). The van der Waals surface area contributed by atoms with Crippen molar-refractivity contribution in [3.05, 3.63) is 0 Å². The van der Waals surface area contributed by atoms with Gasteiger partial charge in [0.2, 0.25) is 0 Å². The van der Waals surface area contributed by atoms with Crippen LogP contribution in [-0.4, -0.2) is 0 Å². The molecule has 0 nitrogen and oxygen atoms in total. The van der Waals surface area contributed by atoms with Crippen LogP contribution < -0.4 is 0 Å². The minimum absolute atomic E-state index is 0.967. The van der Waals surface area contributed by atoms with E-state index in [9.17, 15) is 0 Å². The molecule has 1 spiro atoms. The third-order valence-electron chi connectivity index (χ3n) is 33.6. The highest BCUT2D eigenvalue weighted by molar-refractivity contribution is 5.44. The first kappa shape index (κ1) is 26.4. The second kappa shape index (κ2) is 6.83. The second-order valence-electron chi connectivity index (χ2n) is 30.1. The first-order valence-corrected chi connectivity index (χ1v) is 27.3. The van der Waals surface area contributed by atoms with Crippen molar-refractivity contribution in [2.75, 3.05) is 0 Å². The molecular formula is C55H64. The van der Waals surface area contributed by atoms with Gasteiger partial charge in [0.25, 0.3) is 0 Å². The first-order valence-electron chi connectivity index (χ1n) is 27.3. The van der Waals surface area contributed by atoms with Crippen LogP contribution in [0.4, 0.5) is 0 Å². The van der Waals surface area contributed by atoms with E-state index in [1.807, 2.05) is 0 Å². The Morgan fingerprint density at radius 1 is 0.273 bits per heavy atom. The van der Waals surface area contributed by atoms with Crippen LogP contribution in [0.25, 0.3) is 0 Å². The third kappa shape index (κ3) is 1.79. The largest absolute Gasteiger partial charge is 0.0651 e. The van der Waals surface area contributed by atoms with Crippen LogP contribution in [0.1, 0.15) is 58.3 Å². The van der Waals surface area contributed by atoms with E-state index >= 15 is 0 Å². The van der Waals surface area contributed by atoms with E-state index in [2.05, 4.69) is 6.92 Å². The molecule has 24 aliphatic carbocycles. The van der Waals surface area contributed by atoms with E-state index in [1.54, 1.807) is 51.4 Å². The maximum atomic E-state index is 2.68. The average Bonchev–Trinajstić information content (AvgIpc) is 3.09. The number of hydrogen-bond donors (Lipinski definition) is 0. The molecule has 0 aromatic heterocycles. The zero-order chi connectivity index (χ0) is 33.1. The highest BCUT2D eigenvalue weighted by Crippen LogP contribution is 3.01. The Hall–Kier alpha value is 0. The summed E-state index contributed by atoms with van der Waals surface area (Å²) in [5, 5.41) is 0. The summed E-state index contributed by atoms with van der Waals surface area (Å²) in [6.45, 7) is 2.68. The van der Waals surface area contributed by atoms with Gasteiger partial charge in [-0.05, 0) is 317 Å². The smallest absolute Gasteiger partial charge is 0.0224 e. The van der Waals surface area contributed by atoms with Gasteiger partial charge in [-0.25, -0.2) is 0 Å². The molecule has 0 aliphatic heterocycles. The highest BCUT2D eigenvalue weighted by atomic mass is 15.0. The molecule has 0 saturated heterocycles. The molecule has 0 heteroatoms. The zero-order valence-electron chi connectivity index (χ0n) is 33.1. The van der Waals surface area contributed by atoms with Gasteiger partial charge < -0.3 is 0 Å². The fourth-order valence-corrected chi connectivity index (χ4v) is 33.7. The van der Waals surface area contributed by atoms with Crippen molar-refractivity contribution < 1.29 is 0 Å². The van der Waals surface area contributed by atoms with Gasteiger partial charge in [-0.3, -0.25) is 0 Å². The molecule has 55 heavy (non-hydrogen) atoms. The Kier molecular flexibility index (Phi) is 3.27. The van der Waals surface area contributed by atoms with Gasteiger partial charge in [-0.15, -0.1) is 0 Å². The van der Waals surface area contributed by atoms with E-state index in [0.717, 1.165) is 5.41 Å². The van der Waals surface area contributed by atoms with Crippen LogP contribution in [0.3, 0.4) is 0 Å². The maximum absolute atomic E-state index is 2.68. The Labute approximate surface area is 328 Å². The van der Waals surface area contributed by atoms with Crippen LogP contribution in [0, 0.1) is 272 Å². The lowest BCUT2D eigenvalue weighted by molar-refractivity contribution is -0.521. The molecule has 0 aromatic rings. The molecule has 24 fully saturated rings. The molecule has 0 heterocycles. The fraction of sp³-hybridized carbons (Fsp3) is 1.00. The van der Waals surface area contributed by atoms with Gasteiger partial charge in [-0.1, -0.05) is 13.3 Å². The summed E-state index contributed by atoms with van der Waals surface area (Å²) in [6, 6.07) is 0. The molecule has 24 saturated carbocycles. The van der Waals surface area contributed by atoms with E-state index < -0.39 is 0 Å². The van der Waals surface area contributed by atoms with Gasteiger partial charge in [0.05, 0.1) is 0 Å². The number of fused-ring (bicyclic) bond motifs is 59. The molecule has 0 aromatic carbocycles. The Bertz CT molecular complexity index is 2150. The quantitative estimate of drug-likeness (QED) is 0.249. The van der Waals surface area contributed by atoms with Gasteiger partial charge >= 0.3 is 0 Å². The maximum Gasteiger partial charge on any atom is -0.0224 e. The van der Waals surface area contributed by atoms with E-state index in [1.165, 1.54) is 266 Å². The zero-order valence-corrected chi connectivity index (χ0v) is 33.1. The summed E-state index contributed by atoms with van der Waals surface area (Å²) in [6.07, 6.45) is 13.5. The van der Waals surface area contributed by atoms with Gasteiger partial charge in [0, 0.05) is 0 Å². The van der Waals surface area contributed by atoms with Crippen molar-refractivity contribution >= 4 is 0 Å². The average molecular weight is 725 g/mol. The van der Waals surface area contributed by atoms with Crippen molar-refractivity contribution in [1.29, 1.82) is 0 Å². The highest BCUT2D eigenvalue weighted by Gasteiger charge is 2.97. The van der Waals surface area contributed by atoms with Crippen LogP contribution in [0.2, 0.25) is 0 Å². The second-order valence-corrected chi connectivity index (χ2v) is 30.1. The predicted octanol–water partition coefficient (Wildman–Crippen LogP) is 9.17. The van der Waals surface area contributed by atoms with E-state index in [0.29, 0.717) is 0 Å². The first-order chi connectivity index (χ1) is 27.3. The summed E-state index contributed by atoms with van der Waals surface area (Å²) >= 11 is 0. The lowest BCUT2D eigenvalue weighted by atomic mass is 9.05. The summed E-state index contributed by atoms with van der Waals surface area (Å²) in [5.74, 6) is 58.1. The molecule has 46 atom stereocenters.